The second kappa shape index (κ2) is 5.81. The molecule has 22 heavy (non-hydrogen) atoms. The van der Waals surface area contributed by atoms with Gasteiger partial charge in [-0.05, 0) is 43.3 Å². The van der Waals surface area contributed by atoms with Crippen molar-refractivity contribution in [2.24, 2.45) is 16.0 Å². The average Bonchev–Trinajstić information content (AvgIpc) is 2.82. The van der Waals surface area contributed by atoms with Crippen LogP contribution in [0.1, 0.15) is 6.92 Å². The zero-order chi connectivity index (χ0) is 15.5. The van der Waals surface area contributed by atoms with Crippen molar-refractivity contribution in [3.63, 3.8) is 0 Å². The SMILES string of the molecule is CC1=NN(c2ccccc2)C(=O)[C@@H]1C=Nc1ccc(O)cc1. The largest absolute Gasteiger partial charge is 0.508 e. The van der Waals surface area contributed by atoms with Crippen molar-refractivity contribution in [1.82, 2.24) is 0 Å². The fraction of sp³-hybridized carbons (Fsp3) is 0.118. The van der Waals surface area contributed by atoms with Crippen molar-refractivity contribution in [3.8, 4) is 5.75 Å². The van der Waals surface area contributed by atoms with Crippen molar-refractivity contribution in [2.45, 2.75) is 6.92 Å². The van der Waals surface area contributed by atoms with Crippen molar-refractivity contribution >= 4 is 29.2 Å². The second-order valence-corrected chi connectivity index (χ2v) is 5.00. The Balaban J connectivity index is 1.80. The van der Waals surface area contributed by atoms with E-state index in [0.29, 0.717) is 11.4 Å². The van der Waals surface area contributed by atoms with Crippen LogP contribution >= 0.6 is 0 Å². The van der Waals surface area contributed by atoms with Crippen LogP contribution in [0.25, 0.3) is 0 Å². The highest BCUT2D eigenvalue weighted by Crippen LogP contribution is 2.23. The van der Waals surface area contributed by atoms with E-state index >= 15 is 0 Å². The lowest BCUT2D eigenvalue weighted by Gasteiger charge is -2.12. The molecule has 1 amide bonds. The fourth-order valence-corrected chi connectivity index (χ4v) is 2.20. The van der Waals surface area contributed by atoms with E-state index < -0.39 is 5.92 Å². The lowest BCUT2D eigenvalue weighted by Crippen LogP contribution is -2.27. The summed E-state index contributed by atoms with van der Waals surface area (Å²) in [5.74, 6) is -0.399. The van der Waals surface area contributed by atoms with Gasteiger partial charge in [0.25, 0.3) is 5.91 Å². The maximum Gasteiger partial charge on any atom is 0.261 e. The molecule has 1 aliphatic rings. The molecule has 0 spiro atoms. The number of carbonyl (C=O) groups is 1. The summed E-state index contributed by atoms with van der Waals surface area (Å²) in [5, 5.41) is 15.0. The monoisotopic (exact) mass is 293 g/mol. The van der Waals surface area contributed by atoms with Crippen molar-refractivity contribution in [1.29, 1.82) is 0 Å². The van der Waals surface area contributed by atoms with Gasteiger partial charge in [-0.1, -0.05) is 18.2 Å². The zero-order valence-corrected chi connectivity index (χ0v) is 12.0. The number of carbonyl (C=O) groups excluding carboxylic acids is 1. The highest BCUT2D eigenvalue weighted by molar-refractivity contribution is 6.23. The first-order valence-electron chi connectivity index (χ1n) is 6.92. The molecule has 0 fully saturated rings. The number of anilines is 1. The summed E-state index contributed by atoms with van der Waals surface area (Å²) in [5.41, 5.74) is 2.13. The Morgan fingerprint density at radius 1 is 1.14 bits per heavy atom. The number of phenols is 1. The summed E-state index contributed by atoms with van der Waals surface area (Å²) in [7, 11) is 0. The van der Waals surface area contributed by atoms with Gasteiger partial charge >= 0.3 is 0 Å². The standard InChI is InChI=1S/C17H15N3O2/c1-12-16(11-18-13-7-9-15(21)10-8-13)17(22)20(19-12)14-5-3-2-4-6-14/h2-11,16,21H,1H3/t16-/m1/s1. The number of nitrogens with zero attached hydrogens (tertiary/aromatic N) is 3. The fourth-order valence-electron chi connectivity index (χ4n) is 2.20. The van der Waals surface area contributed by atoms with E-state index in [-0.39, 0.29) is 11.7 Å². The van der Waals surface area contributed by atoms with E-state index in [1.54, 1.807) is 30.5 Å². The number of rotatable bonds is 3. The highest BCUT2D eigenvalue weighted by atomic mass is 16.3. The van der Waals surface area contributed by atoms with Crippen molar-refractivity contribution in [2.75, 3.05) is 5.01 Å². The van der Waals surface area contributed by atoms with E-state index in [4.69, 9.17) is 0 Å². The van der Waals surface area contributed by atoms with Crippen LogP contribution in [0, 0.1) is 5.92 Å². The molecule has 0 saturated carbocycles. The van der Waals surface area contributed by atoms with Gasteiger partial charge in [-0.3, -0.25) is 9.79 Å². The third kappa shape index (κ3) is 2.74. The molecule has 3 rings (SSSR count). The number of hydrogen-bond donors (Lipinski definition) is 1. The minimum absolute atomic E-state index is 0.119. The van der Waals surface area contributed by atoms with E-state index in [2.05, 4.69) is 10.1 Å². The third-order valence-electron chi connectivity index (χ3n) is 3.41. The molecule has 1 heterocycles. The van der Waals surface area contributed by atoms with Gasteiger partial charge in [0.15, 0.2) is 0 Å². The predicted octanol–water partition coefficient (Wildman–Crippen LogP) is 3.13. The number of benzene rings is 2. The van der Waals surface area contributed by atoms with Gasteiger partial charge in [0.1, 0.15) is 11.7 Å². The first-order chi connectivity index (χ1) is 10.6. The molecule has 5 heteroatoms. The molecule has 0 aliphatic carbocycles. The molecule has 1 N–H and O–H groups in total. The molecular weight excluding hydrogens is 278 g/mol. The van der Waals surface area contributed by atoms with Crippen LogP contribution in [-0.2, 0) is 4.79 Å². The molecule has 2 aromatic rings. The maximum absolute atomic E-state index is 12.5. The van der Waals surface area contributed by atoms with Gasteiger partial charge in [0.2, 0.25) is 0 Å². The smallest absolute Gasteiger partial charge is 0.261 e. The van der Waals surface area contributed by atoms with Crippen LogP contribution in [0.5, 0.6) is 5.75 Å². The average molecular weight is 293 g/mol. The van der Waals surface area contributed by atoms with Gasteiger partial charge in [0, 0.05) is 6.21 Å². The molecule has 0 unspecified atom stereocenters. The molecule has 1 aliphatic heterocycles. The highest BCUT2D eigenvalue weighted by Gasteiger charge is 2.33. The Morgan fingerprint density at radius 3 is 2.50 bits per heavy atom. The lowest BCUT2D eigenvalue weighted by atomic mass is 10.1. The quantitative estimate of drug-likeness (QED) is 0.883. The number of aliphatic imine (C=N–C) groups is 1. The topological polar surface area (TPSA) is 65.3 Å². The van der Waals surface area contributed by atoms with Crippen LogP contribution in [0.2, 0.25) is 0 Å². The number of phenolic OH excluding ortho intramolecular Hbond substituents is 1. The molecule has 110 valence electrons. The summed E-state index contributed by atoms with van der Waals surface area (Å²) < 4.78 is 0. The van der Waals surface area contributed by atoms with Crippen LogP contribution in [0.4, 0.5) is 11.4 Å². The number of aromatic hydroxyl groups is 1. The Labute approximate surface area is 128 Å². The molecular formula is C17H15N3O2. The van der Waals surface area contributed by atoms with Gasteiger partial charge in [-0.2, -0.15) is 10.1 Å². The molecule has 5 nitrogen and oxygen atoms in total. The first kappa shape index (κ1) is 14.0. The molecule has 0 radical (unpaired) electrons. The van der Waals surface area contributed by atoms with Gasteiger partial charge in [-0.25, -0.2) is 0 Å². The molecule has 2 aromatic carbocycles. The Hall–Kier alpha value is -2.95. The zero-order valence-electron chi connectivity index (χ0n) is 12.0. The summed E-state index contributed by atoms with van der Waals surface area (Å²) in [6.45, 7) is 1.81. The van der Waals surface area contributed by atoms with E-state index in [1.807, 2.05) is 37.3 Å². The molecule has 0 saturated heterocycles. The predicted molar refractivity (Wildman–Crippen MR) is 86.8 cm³/mol. The van der Waals surface area contributed by atoms with Gasteiger partial charge < -0.3 is 5.11 Å². The third-order valence-corrected chi connectivity index (χ3v) is 3.41. The summed E-state index contributed by atoms with van der Waals surface area (Å²) in [6.07, 6.45) is 1.59. The second-order valence-electron chi connectivity index (χ2n) is 5.00. The summed E-state index contributed by atoms with van der Waals surface area (Å²) in [4.78, 5) is 16.8. The van der Waals surface area contributed by atoms with E-state index in [0.717, 1.165) is 5.69 Å². The number of amides is 1. The van der Waals surface area contributed by atoms with E-state index in [1.165, 1.54) is 5.01 Å². The first-order valence-corrected chi connectivity index (χ1v) is 6.92. The lowest BCUT2D eigenvalue weighted by molar-refractivity contribution is -0.118. The van der Waals surface area contributed by atoms with Crippen LogP contribution in [-0.4, -0.2) is 22.9 Å². The number of hydrazone groups is 1. The Morgan fingerprint density at radius 2 is 1.82 bits per heavy atom. The minimum atomic E-state index is -0.464. The van der Waals surface area contributed by atoms with Crippen molar-refractivity contribution in [3.05, 3.63) is 54.6 Å². The van der Waals surface area contributed by atoms with Crippen LogP contribution in [0.15, 0.2) is 64.7 Å². The minimum Gasteiger partial charge on any atom is -0.508 e. The molecule has 0 bridgehead atoms. The molecule has 0 aromatic heterocycles. The van der Waals surface area contributed by atoms with Crippen molar-refractivity contribution < 1.29 is 9.90 Å². The maximum atomic E-state index is 12.5. The van der Waals surface area contributed by atoms with Crippen LogP contribution in [0.3, 0.4) is 0 Å². The normalized spacial score (nSPS) is 18.0. The van der Waals surface area contributed by atoms with Gasteiger partial charge in [-0.15, -0.1) is 0 Å². The summed E-state index contributed by atoms with van der Waals surface area (Å²) in [6, 6.07) is 15.8. The Kier molecular flexibility index (Phi) is 3.70. The number of para-hydroxylation sites is 1. The van der Waals surface area contributed by atoms with E-state index in [9.17, 15) is 9.90 Å². The Bertz CT molecular complexity index is 736. The van der Waals surface area contributed by atoms with Gasteiger partial charge in [0.05, 0.1) is 17.1 Å². The summed E-state index contributed by atoms with van der Waals surface area (Å²) >= 11 is 0. The molecule has 1 atom stereocenters. The van der Waals surface area contributed by atoms with Crippen LogP contribution < -0.4 is 5.01 Å². The number of hydrogen-bond acceptors (Lipinski definition) is 4.